The molecule has 0 unspecified atom stereocenters. The number of benzene rings is 2. The van der Waals surface area contributed by atoms with Crippen molar-refractivity contribution >= 4 is 11.8 Å². The molecule has 2 aromatic rings. The van der Waals surface area contributed by atoms with E-state index < -0.39 is 0 Å². The van der Waals surface area contributed by atoms with Crippen LogP contribution in [0.2, 0.25) is 0 Å². The predicted molar refractivity (Wildman–Crippen MR) is 117 cm³/mol. The lowest BCUT2D eigenvalue weighted by Crippen LogP contribution is -2.50. The molecular formula is C25H30N2O3. The molecule has 2 fully saturated rings. The van der Waals surface area contributed by atoms with Crippen LogP contribution in [0.25, 0.3) is 0 Å². The molecule has 2 aromatic carbocycles. The number of piperazine rings is 1. The maximum atomic E-state index is 12.9. The average molecular weight is 407 g/mol. The molecule has 5 nitrogen and oxygen atoms in total. The minimum absolute atomic E-state index is 0.0159. The van der Waals surface area contributed by atoms with Crippen molar-refractivity contribution in [2.75, 3.05) is 33.3 Å². The first-order valence-corrected chi connectivity index (χ1v) is 11.0. The number of rotatable bonds is 4. The van der Waals surface area contributed by atoms with E-state index in [1.54, 1.807) is 19.2 Å². The lowest BCUT2D eigenvalue weighted by Gasteiger charge is -2.35. The van der Waals surface area contributed by atoms with Gasteiger partial charge < -0.3 is 14.5 Å². The number of carbonyl (C=O) groups excluding carboxylic acids is 2. The largest absolute Gasteiger partial charge is 0.497 e. The van der Waals surface area contributed by atoms with Crippen molar-refractivity contribution in [3.8, 4) is 5.75 Å². The second kappa shape index (κ2) is 9.33. The van der Waals surface area contributed by atoms with Crippen LogP contribution in [0.3, 0.4) is 0 Å². The van der Waals surface area contributed by atoms with Gasteiger partial charge in [-0.1, -0.05) is 37.5 Å². The van der Waals surface area contributed by atoms with Gasteiger partial charge in [0.15, 0.2) is 0 Å². The first-order valence-electron chi connectivity index (χ1n) is 11.0. The maximum absolute atomic E-state index is 12.9. The van der Waals surface area contributed by atoms with Gasteiger partial charge in [0.2, 0.25) is 0 Å². The van der Waals surface area contributed by atoms with Gasteiger partial charge in [0.25, 0.3) is 11.8 Å². The predicted octanol–water partition coefficient (Wildman–Crippen LogP) is 4.34. The van der Waals surface area contributed by atoms with Gasteiger partial charge in [0, 0.05) is 37.3 Å². The van der Waals surface area contributed by atoms with E-state index in [0.29, 0.717) is 43.4 Å². The molecule has 0 N–H and O–H groups in total. The first-order chi connectivity index (χ1) is 14.7. The Morgan fingerprint density at radius 1 is 0.800 bits per heavy atom. The summed E-state index contributed by atoms with van der Waals surface area (Å²) in [5.41, 5.74) is 2.72. The van der Waals surface area contributed by atoms with Gasteiger partial charge >= 0.3 is 0 Å². The Labute approximate surface area is 178 Å². The summed E-state index contributed by atoms with van der Waals surface area (Å²) < 4.78 is 5.21. The maximum Gasteiger partial charge on any atom is 0.254 e. The number of carbonyl (C=O) groups is 2. The van der Waals surface area contributed by atoms with Crippen LogP contribution in [0.15, 0.2) is 48.5 Å². The van der Waals surface area contributed by atoms with Gasteiger partial charge in [-0.3, -0.25) is 9.59 Å². The van der Waals surface area contributed by atoms with Crippen LogP contribution in [0, 0.1) is 0 Å². The summed E-state index contributed by atoms with van der Waals surface area (Å²) in [6, 6.07) is 15.4. The fraction of sp³-hybridized carbons (Fsp3) is 0.440. The number of ether oxygens (including phenoxy) is 1. The highest BCUT2D eigenvalue weighted by atomic mass is 16.5. The van der Waals surface area contributed by atoms with Gasteiger partial charge in [0.05, 0.1) is 7.11 Å². The Morgan fingerprint density at radius 2 is 1.40 bits per heavy atom. The molecule has 4 rings (SSSR count). The molecule has 0 spiro atoms. The average Bonchev–Trinajstić information content (AvgIpc) is 2.84. The minimum atomic E-state index is -0.0159. The molecule has 5 heteroatoms. The first kappa shape index (κ1) is 20.5. The van der Waals surface area contributed by atoms with Crippen LogP contribution in [0.1, 0.15) is 64.3 Å². The molecular weight excluding hydrogens is 376 g/mol. The summed E-state index contributed by atoms with van der Waals surface area (Å²) >= 11 is 0. The van der Waals surface area contributed by atoms with Gasteiger partial charge in [-0.15, -0.1) is 0 Å². The lowest BCUT2D eigenvalue weighted by atomic mass is 9.84. The van der Waals surface area contributed by atoms with Crippen molar-refractivity contribution in [1.82, 2.24) is 9.80 Å². The van der Waals surface area contributed by atoms with Crippen LogP contribution in [-0.2, 0) is 0 Å². The summed E-state index contributed by atoms with van der Waals surface area (Å²) in [7, 11) is 1.59. The molecule has 0 bridgehead atoms. The lowest BCUT2D eigenvalue weighted by molar-refractivity contribution is 0.0535. The van der Waals surface area contributed by atoms with E-state index in [-0.39, 0.29) is 11.8 Å². The number of methoxy groups -OCH3 is 1. The van der Waals surface area contributed by atoms with E-state index in [1.165, 1.54) is 37.7 Å². The van der Waals surface area contributed by atoms with Gasteiger partial charge in [-0.05, 0) is 54.7 Å². The molecule has 1 heterocycles. The fourth-order valence-electron chi connectivity index (χ4n) is 4.57. The molecule has 1 aliphatic carbocycles. The van der Waals surface area contributed by atoms with E-state index >= 15 is 0 Å². The third-order valence-electron chi connectivity index (χ3n) is 6.40. The standard InChI is InChI=1S/C25H30N2O3/c1-30-23-9-5-8-22(18-23)25(29)27-16-14-26(15-17-27)24(28)21-12-10-20(11-13-21)19-6-3-2-4-7-19/h5,8-13,18-19H,2-4,6-7,14-17H2,1H3. The molecule has 158 valence electrons. The minimum Gasteiger partial charge on any atom is -0.497 e. The summed E-state index contributed by atoms with van der Waals surface area (Å²) in [4.78, 5) is 29.4. The zero-order chi connectivity index (χ0) is 20.9. The van der Waals surface area contributed by atoms with Crippen molar-refractivity contribution in [3.05, 3.63) is 65.2 Å². The van der Waals surface area contributed by atoms with Crippen LogP contribution in [0.4, 0.5) is 0 Å². The number of amides is 2. The van der Waals surface area contributed by atoms with E-state index in [0.717, 1.165) is 5.56 Å². The van der Waals surface area contributed by atoms with Crippen LogP contribution < -0.4 is 4.74 Å². The number of hydrogen-bond acceptors (Lipinski definition) is 3. The van der Waals surface area contributed by atoms with E-state index in [4.69, 9.17) is 4.74 Å². The highest BCUT2D eigenvalue weighted by Crippen LogP contribution is 2.32. The molecule has 2 amide bonds. The molecule has 0 radical (unpaired) electrons. The van der Waals surface area contributed by atoms with Crippen molar-refractivity contribution in [2.24, 2.45) is 0 Å². The van der Waals surface area contributed by atoms with Crippen LogP contribution in [0.5, 0.6) is 5.75 Å². The van der Waals surface area contributed by atoms with Crippen molar-refractivity contribution in [3.63, 3.8) is 0 Å². The van der Waals surface area contributed by atoms with Crippen molar-refractivity contribution in [2.45, 2.75) is 38.0 Å². The number of hydrogen-bond donors (Lipinski definition) is 0. The third kappa shape index (κ3) is 4.50. The molecule has 2 aliphatic rings. The highest BCUT2D eigenvalue weighted by molar-refractivity contribution is 5.96. The molecule has 0 atom stereocenters. The van der Waals surface area contributed by atoms with Crippen LogP contribution >= 0.6 is 0 Å². The summed E-state index contributed by atoms with van der Waals surface area (Å²) in [5.74, 6) is 1.36. The van der Waals surface area contributed by atoms with E-state index in [2.05, 4.69) is 12.1 Å². The Balaban J connectivity index is 1.34. The second-order valence-corrected chi connectivity index (χ2v) is 8.27. The Morgan fingerprint density at radius 3 is 2.00 bits per heavy atom. The Bertz CT molecular complexity index is 880. The van der Waals surface area contributed by atoms with E-state index in [1.807, 2.05) is 34.1 Å². The molecule has 30 heavy (non-hydrogen) atoms. The second-order valence-electron chi connectivity index (χ2n) is 8.27. The monoisotopic (exact) mass is 406 g/mol. The quantitative estimate of drug-likeness (QED) is 0.759. The van der Waals surface area contributed by atoms with Gasteiger partial charge in [0.1, 0.15) is 5.75 Å². The topological polar surface area (TPSA) is 49.9 Å². The zero-order valence-corrected chi connectivity index (χ0v) is 17.7. The summed E-state index contributed by atoms with van der Waals surface area (Å²) in [6.07, 6.45) is 6.49. The summed E-state index contributed by atoms with van der Waals surface area (Å²) in [5, 5.41) is 0. The summed E-state index contributed by atoms with van der Waals surface area (Å²) in [6.45, 7) is 2.20. The normalized spacial score (nSPS) is 17.6. The van der Waals surface area contributed by atoms with Gasteiger partial charge in [-0.2, -0.15) is 0 Å². The van der Waals surface area contributed by atoms with Crippen LogP contribution in [-0.4, -0.2) is 54.9 Å². The smallest absolute Gasteiger partial charge is 0.254 e. The van der Waals surface area contributed by atoms with Crippen molar-refractivity contribution in [1.29, 1.82) is 0 Å². The fourth-order valence-corrected chi connectivity index (χ4v) is 4.57. The molecule has 1 aliphatic heterocycles. The Kier molecular flexibility index (Phi) is 6.36. The number of nitrogens with zero attached hydrogens (tertiary/aromatic N) is 2. The zero-order valence-electron chi connectivity index (χ0n) is 17.7. The highest BCUT2D eigenvalue weighted by Gasteiger charge is 2.26. The molecule has 0 aromatic heterocycles. The third-order valence-corrected chi connectivity index (χ3v) is 6.40. The molecule has 1 saturated carbocycles. The van der Waals surface area contributed by atoms with E-state index in [9.17, 15) is 9.59 Å². The van der Waals surface area contributed by atoms with Crippen molar-refractivity contribution < 1.29 is 14.3 Å². The SMILES string of the molecule is COc1cccc(C(=O)N2CCN(C(=O)c3ccc(C4CCCCC4)cc3)CC2)c1. The van der Waals surface area contributed by atoms with Gasteiger partial charge in [-0.25, -0.2) is 0 Å². The Hall–Kier alpha value is -2.82. The molecule has 1 saturated heterocycles.